The summed E-state index contributed by atoms with van der Waals surface area (Å²) in [6.45, 7) is 2.52. The molecule has 1 aliphatic heterocycles. The van der Waals surface area contributed by atoms with Crippen molar-refractivity contribution in [3.05, 3.63) is 94.0 Å². The van der Waals surface area contributed by atoms with E-state index in [4.69, 9.17) is 4.74 Å². The first-order valence-electron chi connectivity index (χ1n) is 10.0. The highest BCUT2D eigenvalue weighted by Crippen LogP contribution is 2.42. The predicted octanol–water partition coefficient (Wildman–Crippen LogP) is 4.64. The number of aliphatic hydroxyl groups is 1. The number of ketones is 1. The van der Waals surface area contributed by atoms with E-state index in [2.05, 4.69) is 15.9 Å². The van der Waals surface area contributed by atoms with Crippen LogP contribution in [0.3, 0.4) is 0 Å². The van der Waals surface area contributed by atoms with E-state index in [9.17, 15) is 14.7 Å². The quantitative estimate of drug-likeness (QED) is 0.501. The fourth-order valence-electron chi connectivity index (χ4n) is 3.79. The van der Waals surface area contributed by atoms with Gasteiger partial charge in [-0.05, 0) is 37.3 Å². The summed E-state index contributed by atoms with van der Waals surface area (Å²) in [5.74, 6) is -0.0973. The van der Waals surface area contributed by atoms with E-state index in [0.29, 0.717) is 22.6 Å². The molecule has 1 unspecified atom stereocenters. The second-order valence-corrected chi connectivity index (χ2v) is 8.52. The minimum atomic E-state index is -1.90. The largest absolute Gasteiger partial charge is 0.492 e. The fourth-order valence-corrected chi connectivity index (χ4v) is 4.18. The van der Waals surface area contributed by atoms with Crippen molar-refractivity contribution in [2.75, 3.05) is 18.1 Å². The zero-order chi connectivity index (χ0) is 22.0. The van der Waals surface area contributed by atoms with Crippen LogP contribution >= 0.6 is 15.9 Å². The van der Waals surface area contributed by atoms with Crippen LogP contribution in [0.4, 0.5) is 5.69 Å². The second kappa shape index (κ2) is 8.65. The molecule has 0 bridgehead atoms. The lowest BCUT2D eigenvalue weighted by Gasteiger charge is -2.23. The molecule has 6 heteroatoms. The van der Waals surface area contributed by atoms with Crippen LogP contribution in [0.15, 0.2) is 77.3 Å². The lowest BCUT2D eigenvalue weighted by atomic mass is 9.88. The Labute approximate surface area is 189 Å². The predicted molar refractivity (Wildman–Crippen MR) is 122 cm³/mol. The summed E-state index contributed by atoms with van der Waals surface area (Å²) in [5.41, 5.74) is 0.716. The molecular weight excluding hydrogens is 458 g/mol. The number of hydrogen-bond acceptors (Lipinski definition) is 4. The van der Waals surface area contributed by atoms with Gasteiger partial charge in [-0.1, -0.05) is 64.0 Å². The molecule has 1 N–H and O–H groups in total. The molecule has 0 fully saturated rings. The zero-order valence-electron chi connectivity index (χ0n) is 17.0. The van der Waals surface area contributed by atoms with Gasteiger partial charge in [0, 0.05) is 15.6 Å². The highest BCUT2D eigenvalue weighted by atomic mass is 79.9. The highest BCUT2D eigenvalue weighted by Gasteiger charge is 2.50. The summed E-state index contributed by atoms with van der Waals surface area (Å²) in [5, 5.41) is 11.4. The van der Waals surface area contributed by atoms with Crippen molar-refractivity contribution in [3.63, 3.8) is 0 Å². The number of para-hydroxylation sites is 1. The van der Waals surface area contributed by atoms with Gasteiger partial charge in [0.25, 0.3) is 5.91 Å². The molecular formula is C25H22BrNO4. The molecule has 0 aliphatic carbocycles. The van der Waals surface area contributed by atoms with Gasteiger partial charge in [-0.25, -0.2) is 0 Å². The van der Waals surface area contributed by atoms with Gasteiger partial charge in [0.05, 0.1) is 18.7 Å². The van der Waals surface area contributed by atoms with E-state index in [0.717, 1.165) is 10.0 Å². The Kier molecular flexibility index (Phi) is 5.94. The highest BCUT2D eigenvalue weighted by molar-refractivity contribution is 9.10. The minimum absolute atomic E-state index is 0.261. The number of halogens is 1. The van der Waals surface area contributed by atoms with Gasteiger partial charge in [-0.2, -0.15) is 0 Å². The number of anilines is 1. The minimum Gasteiger partial charge on any atom is -0.492 e. The van der Waals surface area contributed by atoms with E-state index in [1.807, 2.05) is 43.3 Å². The number of nitrogens with zero attached hydrogens (tertiary/aromatic N) is 1. The number of amides is 1. The molecule has 0 saturated carbocycles. The summed E-state index contributed by atoms with van der Waals surface area (Å²) < 4.78 is 6.53. The number of fused-ring (bicyclic) bond motifs is 1. The van der Waals surface area contributed by atoms with E-state index in [1.165, 1.54) is 4.90 Å². The van der Waals surface area contributed by atoms with Crippen molar-refractivity contribution in [1.82, 2.24) is 0 Å². The standard InChI is InChI=1S/C25H22BrNO4/c1-17-9-11-20(12-10-17)31-14-13-27-22-8-3-2-7-21(22)25(30,24(27)29)16-23(28)18-5-4-6-19(26)15-18/h2-12,15,30H,13-14,16H2,1H3. The van der Waals surface area contributed by atoms with Crippen molar-refractivity contribution in [2.24, 2.45) is 0 Å². The third kappa shape index (κ3) is 4.27. The van der Waals surface area contributed by atoms with Crippen LogP contribution in [0.1, 0.15) is 27.9 Å². The first-order valence-corrected chi connectivity index (χ1v) is 10.8. The van der Waals surface area contributed by atoms with Gasteiger partial charge in [-0.3, -0.25) is 9.59 Å². The molecule has 31 heavy (non-hydrogen) atoms. The Morgan fingerprint density at radius 2 is 1.81 bits per heavy atom. The maximum absolute atomic E-state index is 13.3. The topological polar surface area (TPSA) is 66.8 Å². The molecule has 1 atom stereocenters. The summed E-state index contributed by atoms with van der Waals surface area (Å²) in [4.78, 5) is 27.6. The summed E-state index contributed by atoms with van der Waals surface area (Å²) in [6, 6.07) is 21.6. The van der Waals surface area contributed by atoms with E-state index >= 15 is 0 Å². The third-order valence-electron chi connectivity index (χ3n) is 5.41. The Hall–Kier alpha value is -2.96. The van der Waals surface area contributed by atoms with Crippen molar-refractivity contribution in [1.29, 1.82) is 0 Å². The summed E-state index contributed by atoms with van der Waals surface area (Å²) in [6.07, 6.45) is -0.325. The van der Waals surface area contributed by atoms with Crippen molar-refractivity contribution in [2.45, 2.75) is 18.9 Å². The van der Waals surface area contributed by atoms with Crippen molar-refractivity contribution < 1.29 is 19.4 Å². The zero-order valence-corrected chi connectivity index (χ0v) is 18.6. The summed E-state index contributed by atoms with van der Waals surface area (Å²) in [7, 11) is 0. The van der Waals surface area contributed by atoms with Gasteiger partial charge in [-0.15, -0.1) is 0 Å². The smallest absolute Gasteiger partial charge is 0.264 e. The number of Topliss-reactive ketones (excluding diaryl/α,β-unsaturated/α-hetero) is 1. The number of hydrogen-bond donors (Lipinski definition) is 1. The van der Waals surface area contributed by atoms with Crippen LogP contribution in [0.5, 0.6) is 5.75 Å². The first-order chi connectivity index (χ1) is 14.9. The molecule has 0 saturated heterocycles. The van der Waals surface area contributed by atoms with Gasteiger partial charge in [0.2, 0.25) is 0 Å². The molecule has 3 aromatic rings. The van der Waals surface area contributed by atoms with E-state index < -0.39 is 11.5 Å². The summed E-state index contributed by atoms with van der Waals surface area (Å²) >= 11 is 3.35. The van der Waals surface area contributed by atoms with E-state index in [1.54, 1.807) is 36.4 Å². The second-order valence-electron chi connectivity index (χ2n) is 7.61. The average molecular weight is 480 g/mol. The monoisotopic (exact) mass is 479 g/mol. The Morgan fingerprint density at radius 1 is 1.06 bits per heavy atom. The number of aryl methyl sites for hydroxylation is 1. The number of carbonyl (C=O) groups is 2. The van der Waals surface area contributed by atoms with Crippen LogP contribution in [-0.4, -0.2) is 29.9 Å². The number of carbonyl (C=O) groups excluding carboxylic acids is 2. The average Bonchev–Trinajstić information content (AvgIpc) is 2.97. The Balaban J connectivity index is 1.53. The maximum Gasteiger partial charge on any atom is 0.264 e. The SMILES string of the molecule is Cc1ccc(OCCN2C(=O)C(O)(CC(=O)c3cccc(Br)c3)c3ccccc32)cc1. The maximum atomic E-state index is 13.3. The number of ether oxygens (including phenoxy) is 1. The molecule has 0 aromatic heterocycles. The molecule has 1 aliphatic rings. The molecule has 0 spiro atoms. The van der Waals surface area contributed by atoms with Crippen LogP contribution in [0.25, 0.3) is 0 Å². The van der Waals surface area contributed by atoms with Crippen molar-refractivity contribution in [3.8, 4) is 5.75 Å². The molecule has 5 nitrogen and oxygen atoms in total. The normalized spacial score (nSPS) is 17.5. The molecule has 4 rings (SSSR count). The van der Waals surface area contributed by atoms with Gasteiger partial charge < -0.3 is 14.7 Å². The van der Waals surface area contributed by atoms with Crippen molar-refractivity contribution >= 4 is 33.3 Å². The third-order valence-corrected chi connectivity index (χ3v) is 5.90. The van der Waals surface area contributed by atoms with Gasteiger partial charge in [0.15, 0.2) is 11.4 Å². The lowest BCUT2D eigenvalue weighted by Crippen LogP contribution is -2.43. The molecule has 3 aromatic carbocycles. The lowest BCUT2D eigenvalue weighted by molar-refractivity contribution is -0.135. The van der Waals surface area contributed by atoms with Crippen LogP contribution in [0.2, 0.25) is 0 Å². The van der Waals surface area contributed by atoms with Crippen LogP contribution in [0, 0.1) is 6.92 Å². The molecule has 0 radical (unpaired) electrons. The fraction of sp³-hybridized carbons (Fsp3) is 0.200. The van der Waals surface area contributed by atoms with Crippen LogP contribution in [-0.2, 0) is 10.4 Å². The molecule has 158 valence electrons. The molecule has 1 heterocycles. The Morgan fingerprint density at radius 3 is 2.55 bits per heavy atom. The van der Waals surface area contributed by atoms with Gasteiger partial charge in [0.1, 0.15) is 12.4 Å². The number of rotatable bonds is 7. The number of benzene rings is 3. The first kappa shape index (κ1) is 21.3. The van der Waals surface area contributed by atoms with E-state index in [-0.39, 0.29) is 25.4 Å². The molecule has 1 amide bonds. The van der Waals surface area contributed by atoms with Crippen LogP contribution < -0.4 is 9.64 Å². The Bertz CT molecular complexity index is 1130. The van der Waals surface area contributed by atoms with Gasteiger partial charge >= 0.3 is 0 Å².